The van der Waals surface area contributed by atoms with Crippen LogP contribution in [0.1, 0.15) is 12.5 Å². The summed E-state index contributed by atoms with van der Waals surface area (Å²) in [6, 6.07) is 5.92. The highest BCUT2D eigenvalue weighted by Crippen LogP contribution is 2.39. The Balaban J connectivity index is 2.41. The van der Waals surface area contributed by atoms with Gasteiger partial charge in [-0.05, 0) is 40.5 Å². The van der Waals surface area contributed by atoms with Gasteiger partial charge in [0.2, 0.25) is 0 Å². The van der Waals surface area contributed by atoms with Gasteiger partial charge in [0.1, 0.15) is 5.60 Å². The minimum absolute atomic E-state index is 0.0790. The Morgan fingerprint density at radius 1 is 1.58 bits per heavy atom. The number of benzene rings is 1. The van der Waals surface area contributed by atoms with Crippen LogP contribution in [0.5, 0.6) is 0 Å². The highest BCUT2D eigenvalue weighted by Gasteiger charge is 2.41. The third kappa shape index (κ3) is 1.39. The van der Waals surface area contributed by atoms with Gasteiger partial charge in [-0.3, -0.25) is 0 Å². The second-order valence-electron chi connectivity index (χ2n) is 3.15. The molecule has 0 bridgehead atoms. The van der Waals surface area contributed by atoms with Crippen LogP contribution in [0.25, 0.3) is 0 Å². The molecular formula is C9H8BrClO. The van der Waals surface area contributed by atoms with Gasteiger partial charge in [-0.1, -0.05) is 17.7 Å². The molecule has 1 aromatic rings. The Kier molecular flexibility index (Phi) is 1.94. The van der Waals surface area contributed by atoms with E-state index >= 15 is 0 Å². The fraction of sp³-hybridized carbons (Fsp3) is 0.333. The summed E-state index contributed by atoms with van der Waals surface area (Å²) in [4.78, 5) is 0. The Morgan fingerprint density at radius 2 is 2.25 bits per heavy atom. The van der Waals surface area contributed by atoms with E-state index in [0.717, 1.165) is 21.7 Å². The van der Waals surface area contributed by atoms with Gasteiger partial charge in [0.05, 0.1) is 11.6 Å². The summed E-state index contributed by atoms with van der Waals surface area (Å²) < 4.78 is 6.23. The molecule has 1 aliphatic rings. The highest BCUT2D eigenvalue weighted by atomic mass is 79.9. The summed E-state index contributed by atoms with van der Waals surface area (Å²) in [7, 11) is 0. The van der Waals surface area contributed by atoms with Crippen molar-refractivity contribution in [2.45, 2.75) is 12.5 Å². The monoisotopic (exact) mass is 246 g/mol. The van der Waals surface area contributed by atoms with Gasteiger partial charge < -0.3 is 4.74 Å². The predicted molar refractivity (Wildman–Crippen MR) is 52.5 cm³/mol. The molecule has 0 aliphatic carbocycles. The van der Waals surface area contributed by atoms with Gasteiger partial charge in [0.15, 0.2) is 0 Å². The first-order valence-electron chi connectivity index (χ1n) is 3.71. The van der Waals surface area contributed by atoms with E-state index in [1.54, 1.807) is 0 Å². The molecule has 1 saturated heterocycles. The molecule has 1 atom stereocenters. The van der Waals surface area contributed by atoms with E-state index in [1.165, 1.54) is 0 Å². The molecule has 1 heterocycles. The Morgan fingerprint density at radius 3 is 2.75 bits per heavy atom. The Hall–Kier alpha value is -0.0500. The molecule has 2 rings (SSSR count). The van der Waals surface area contributed by atoms with Crippen LogP contribution in [0.15, 0.2) is 22.7 Å². The zero-order chi connectivity index (χ0) is 8.77. The number of ether oxygens (including phenoxy) is 1. The van der Waals surface area contributed by atoms with Crippen LogP contribution in [-0.4, -0.2) is 6.61 Å². The lowest BCUT2D eigenvalue weighted by Crippen LogP contribution is -2.01. The molecule has 1 aromatic carbocycles. The molecule has 64 valence electrons. The lowest BCUT2D eigenvalue weighted by molar-refractivity contribution is 0.329. The van der Waals surface area contributed by atoms with Crippen molar-refractivity contribution < 1.29 is 4.74 Å². The first kappa shape index (κ1) is 8.54. The van der Waals surface area contributed by atoms with Gasteiger partial charge in [-0.2, -0.15) is 0 Å². The highest BCUT2D eigenvalue weighted by molar-refractivity contribution is 9.10. The first-order valence-corrected chi connectivity index (χ1v) is 4.88. The molecule has 0 aromatic heterocycles. The van der Waals surface area contributed by atoms with Crippen molar-refractivity contribution in [3.8, 4) is 0 Å². The molecule has 0 saturated carbocycles. The van der Waals surface area contributed by atoms with Gasteiger partial charge in [-0.25, -0.2) is 0 Å². The van der Waals surface area contributed by atoms with Crippen molar-refractivity contribution in [3.63, 3.8) is 0 Å². The average Bonchev–Trinajstić information content (AvgIpc) is 2.75. The summed E-state index contributed by atoms with van der Waals surface area (Å²) >= 11 is 9.29. The van der Waals surface area contributed by atoms with Crippen LogP contribution in [0.2, 0.25) is 5.02 Å². The van der Waals surface area contributed by atoms with Crippen molar-refractivity contribution in [3.05, 3.63) is 33.3 Å². The fourth-order valence-corrected chi connectivity index (χ4v) is 1.53. The van der Waals surface area contributed by atoms with Crippen LogP contribution < -0.4 is 0 Å². The number of epoxide rings is 1. The predicted octanol–water partition coefficient (Wildman–Crippen LogP) is 3.35. The Labute approximate surface area is 84.8 Å². The molecule has 3 heteroatoms. The van der Waals surface area contributed by atoms with E-state index in [9.17, 15) is 0 Å². The molecular weight excluding hydrogens is 239 g/mol. The summed E-state index contributed by atoms with van der Waals surface area (Å²) in [5.41, 5.74) is 1.07. The standard InChI is InChI=1S/C9H8BrClO/c1-9(5-12-9)6-2-3-7(10)8(11)4-6/h2-4H,5H2,1H3. The van der Waals surface area contributed by atoms with Crippen molar-refractivity contribution in [1.29, 1.82) is 0 Å². The second kappa shape index (κ2) is 2.72. The zero-order valence-electron chi connectivity index (χ0n) is 6.60. The quantitative estimate of drug-likeness (QED) is 0.694. The molecule has 0 spiro atoms. The third-order valence-corrected chi connectivity index (χ3v) is 3.34. The molecule has 0 radical (unpaired) electrons. The third-order valence-electron chi connectivity index (χ3n) is 2.11. The number of hydrogen-bond acceptors (Lipinski definition) is 1. The largest absolute Gasteiger partial charge is 0.365 e. The molecule has 1 unspecified atom stereocenters. The lowest BCUT2D eigenvalue weighted by atomic mass is 10.0. The van der Waals surface area contributed by atoms with Crippen molar-refractivity contribution >= 4 is 27.5 Å². The molecule has 0 N–H and O–H groups in total. The molecule has 1 fully saturated rings. The summed E-state index contributed by atoms with van der Waals surface area (Å²) in [6.45, 7) is 2.86. The second-order valence-corrected chi connectivity index (χ2v) is 4.41. The topological polar surface area (TPSA) is 12.5 Å². The number of halogens is 2. The smallest absolute Gasteiger partial charge is 0.114 e. The summed E-state index contributed by atoms with van der Waals surface area (Å²) in [5, 5.41) is 0.740. The van der Waals surface area contributed by atoms with Gasteiger partial charge >= 0.3 is 0 Å². The SMILES string of the molecule is CC1(c2ccc(Br)c(Cl)c2)CO1. The maximum atomic E-state index is 5.95. The normalized spacial score (nSPS) is 27.2. The Bertz CT molecular complexity index is 320. The van der Waals surface area contributed by atoms with Gasteiger partial charge in [0.25, 0.3) is 0 Å². The van der Waals surface area contributed by atoms with Gasteiger partial charge in [-0.15, -0.1) is 0 Å². The van der Waals surface area contributed by atoms with Gasteiger partial charge in [0, 0.05) is 4.47 Å². The molecule has 1 aliphatic heterocycles. The van der Waals surface area contributed by atoms with E-state index < -0.39 is 0 Å². The lowest BCUT2D eigenvalue weighted by Gasteiger charge is -2.06. The van der Waals surface area contributed by atoms with E-state index in [2.05, 4.69) is 22.9 Å². The maximum absolute atomic E-state index is 5.95. The molecule has 0 amide bonds. The van der Waals surface area contributed by atoms with Crippen molar-refractivity contribution in [1.82, 2.24) is 0 Å². The molecule has 1 nitrogen and oxygen atoms in total. The number of rotatable bonds is 1. The fourth-order valence-electron chi connectivity index (χ4n) is 1.10. The van der Waals surface area contributed by atoms with Crippen LogP contribution in [-0.2, 0) is 10.3 Å². The zero-order valence-corrected chi connectivity index (χ0v) is 8.95. The van der Waals surface area contributed by atoms with E-state index in [1.807, 2.05) is 18.2 Å². The van der Waals surface area contributed by atoms with Crippen LogP contribution >= 0.6 is 27.5 Å². The van der Waals surface area contributed by atoms with E-state index in [0.29, 0.717) is 0 Å². The maximum Gasteiger partial charge on any atom is 0.114 e. The van der Waals surface area contributed by atoms with E-state index in [4.69, 9.17) is 16.3 Å². The average molecular weight is 248 g/mol. The van der Waals surface area contributed by atoms with Crippen LogP contribution in [0.4, 0.5) is 0 Å². The number of hydrogen-bond donors (Lipinski definition) is 0. The van der Waals surface area contributed by atoms with Crippen LogP contribution in [0, 0.1) is 0 Å². The van der Waals surface area contributed by atoms with Crippen molar-refractivity contribution in [2.24, 2.45) is 0 Å². The van der Waals surface area contributed by atoms with Crippen molar-refractivity contribution in [2.75, 3.05) is 6.61 Å². The first-order chi connectivity index (χ1) is 5.62. The summed E-state index contributed by atoms with van der Waals surface area (Å²) in [6.07, 6.45) is 0. The summed E-state index contributed by atoms with van der Waals surface area (Å²) in [5.74, 6) is 0. The van der Waals surface area contributed by atoms with E-state index in [-0.39, 0.29) is 5.60 Å². The minimum Gasteiger partial charge on any atom is -0.365 e. The minimum atomic E-state index is -0.0790. The molecule has 12 heavy (non-hydrogen) atoms. The van der Waals surface area contributed by atoms with Crippen LogP contribution in [0.3, 0.4) is 0 Å².